The molecule has 2 aromatic rings. The maximum absolute atomic E-state index is 12.4. The first-order valence-corrected chi connectivity index (χ1v) is 9.22. The number of anilines is 1. The third-order valence-corrected chi connectivity index (χ3v) is 4.89. The lowest BCUT2D eigenvalue weighted by atomic mass is 10.2. The summed E-state index contributed by atoms with van der Waals surface area (Å²) in [7, 11) is 0. The van der Waals surface area contributed by atoms with Gasteiger partial charge in [0.2, 0.25) is 0 Å². The Morgan fingerprint density at radius 3 is 2.46 bits per heavy atom. The molecule has 0 spiro atoms. The van der Waals surface area contributed by atoms with Gasteiger partial charge in [0.25, 0.3) is 11.6 Å². The number of piperazine rings is 1. The molecule has 0 aromatic heterocycles. The predicted molar refractivity (Wildman–Crippen MR) is 106 cm³/mol. The summed E-state index contributed by atoms with van der Waals surface area (Å²) in [5.74, 6) is -0.0269. The summed E-state index contributed by atoms with van der Waals surface area (Å²) in [5, 5.41) is 11.6. The predicted octanol–water partition coefficient (Wildman–Crippen LogP) is 2.55. The van der Waals surface area contributed by atoms with Gasteiger partial charge in [-0.1, -0.05) is 29.8 Å². The number of rotatable bonds is 6. The Labute approximate surface area is 167 Å². The standard InChI is InChI=1S/C19H21ClN4O4/c20-15-6-4-14(5-7-15)12-22-8-10-23(11-9-22)18(25)13-28-17-3-1-2-16(19(17)21)24(26)27/h1-7H,8-13,21H2. The van der Waals surface area contributed by atoms with Crippen LogP contribution in [0.15, 0.2) is 42.5 Å². The summed E-state index contributed by atoms with van der Waals surface area (Å²) in [6, 6.07) is 12.0. The number of nitro benzene ring substituents is 1. The summed E-state index contributed by atoms with van der Waals surface area (Å²) in [6.07, 6.45) is 0. The number of para-hydroxylation sites is 1. The highest BCUT2D eigenvalue weighted by Gasteiger charge is 2.22. The van der Waals surface area contributed by atoms with Crippen LogP contribution in [0.5, 0.6) is 5.75 Å². The number of nitrogens with two attached hydrogens (primary N) is 1. The first kappa shape index (κ1) is 19.9. The van der Waals surface area contributed by atoms with Crippen LogP contribution in [0.3, 0.4) is 0 Å². The molecule has 1 aliphatic rings. The van der Waals surface area contributed by atoms with Crippen molar-refractivity contribution in [1.29, 1.82) is 0 Å². The van der Waals surface area contributed by atoms with Gasteiger partial charge in [-0.15, -0.1) is 0 Å². The van der Waals surface area contributed by atoms with Gasteiger partial charge in [0, 0.05) is 43.8 Å². The molecule has 9 heteroatoms. The highest BCUT2D eigenvalue weighted by Crippen LogP contribution is 2.30. The molecule has 148 valence electrons. The average molecular weight is 405 g/mol. The number of halogens is 1. The van der Waals surface area contributed by atoms with Crippen molar-refractivity contribution in [2.75, 3.05) is 38.5 Å². The quantitative estimate of drug-likeness (QED) is 0.451. The van der Waals surface area contributed by atoms with Crippen LogP contribution in [0.1, 0.15) is 5.56 Å². The van der Waals surface area contributed by atoms with E-state index in [1.54, 1.807) is 4.90 Å². The Balaban J connectivity index is 1.48. The lowest BCUT2D eigenvalue weighted by molar-refractivity contribution is -0.384. The number of benzene rings is 2. The third-order valence-electron chi connectivity index (χ3n) is 4.64. The van der Waals surface area contributed by atoms with E-state index in [1.165, 1.54) is 23.8 Å². The smallest absolute Gasteiger partial charge is 0.295 e. The Kier molecular flexibility index (Phi) is 6.33. The van der Waals surface area contributed by atoms with Crippen molar-refractivity contribution in [3.05, 3.63) is 63.2 Å². The molecule has 0 aliphatic carbocycles. The van der Waals surface area contributed by atoms with Gasteiger partial charge in [0.15, 0.2) is 12.3 Å². The van der Waals surface area contributed by atoms with E-state index in [0.717, 1.165) is 19.6 Å². The van der Waals surface area contributed by atoms with Crippen LogP contribution in [0.4, 0.5) is 11.4 Å². The number of nitrogen functional groups attached to an aromatic ring is 1. The number of nitro groups is 1. The topological polar surface area (TPSA) is 102 Å². The summed E-state index contributed by atoms with van der Waals surface area (Å²) in [5.41, 5.74) is 6.61. The number of amides is 1. The van der Waals surface area contributed by atoms with E-state index in [0.29, 0.717) is 18.1 Å². The van der Waals surface area contributed by atoms with Crippen molar-refractivity contribution in [2.45, 2.75) is 6.54 Å². The third kappa shape index (κ3) is 4.90. The van der Waals surface area contributed by atoms with Gasteiger partial charge in [-0.2, -0.15) is 0 Å². The molecule has 1 heterocycles. The monoisotopic (exact) mass is 404 g/mol. The van der Waals surface area contributed by atoms with Crippen molar-refractivity contribution in [3.63, 3.8) is 0 Å². The Bertz CT molecular complexity index is 852. The van der Waals surface area contributed by atoms with Crippen LogP contribution >= 0.6 is 11.6 Å². The molecular formula is C19H21ClN4O4. The molecule has 0 saturated carbocycles. The van der Waals surface area contributed by atoms with Crippen molar-refractivity contribution >= 4 is 28.9 Å². The van der Waals surface area contributed by atoms with Crippen LogP contribution in [0, 0.1) is 10.1 Å². The maximum Gasteiger partial charge on any atom is 0.295 e. The van der Waals surface area contributed by atoms with Crippen LogP contribution in [0.2, 0.25) is 5.02 Å². The van der Waals surface area contributed by atoms with Gasteiger partial charge >= 0.3 is 0 Å². The van der Waals surface area contributed by atoms with E-state index >= 15 is 0 Å². The summed E-state index contributed by atoms with van der Waals surface area (Å²) in [6.45, 7) is 3.31. The second-order valence-electron chi connectivity index (χ2n) is 6.52. The molecule has 0 bridgehead atoms. The van der Waals surface area contributed by atoms with Crippen LogP contribution < -0.4 is 10.5 Å². The number of carbonyl (C=O) groups is 1. The largest absolute Gasteiger partial charge is 0.481 e. The molecule has 1 fully saturated rings. The summed E-state index contributed by atoms with van der Waals surface area (Å²) in [4.78, 5) is 26.7. The zero-order valence-electron chi connectivity index (χ0n) is 15.2. The Morgan fingerprint density at radius 1 is 1.14 bits per heavy atom. The number of carbonyl (C=O) groups excluding carboxylic acids is 1. The lowest BCUT2D eigenvalue weighted by Gasteiger charge is -2.34. The highest BCUT2D eigenvalue weighted by atomic mass is 35.5. The molecule has 1 amide bonds. The first-order chi connectivity index (χ1) is 13.4. The Morgan fingerprint density at radius 2 is 1.82 bits per heavy atom. The van der Waals surface area contributed by atoms with Gasteiger partial charge in [-0.3, -0.25) is 19.8 Å². The minimum Gasteiger partial charge on any atom is -0.481 e. The number of hydrogen-bond donors (Lipinski definition) is 1. The molecular weight excluding hydrogens is 384 g/mol. The minimum atomic E-state index is -0.579. The molecule has 0 atom stereocenters. The molecule has 3 rings (SSSR count). The molecule has 0 unspecified atom stereocenters. The fraction of sp³-hybridized carbons (Fsp3) is 0.316. The van der Waals surface area contributed by atoms with Crippen molar-refractivity contribution in [1.82, 2.24) is 9.80 Å². The molecule has 28 heavy (non-hydrogen) atoms. The van der Waals surface area contributed by atoms with Gasteiger partial charge in [-0.05, 0) is 23.8 Å². The van der Waals surface area contributed by atoms with Crippen LogP contribution in [0.25, 0.3) is 0 Å². The van der Waals surface area contributed by atoms with E-state index < -0.39 is 4.92 Å². The SMILES string of the molecule is Nc1c(OCC(=O)N2CCN(Cc3ccc(Cl)cc3)CC2)cccc1[N+](=O)[O-]. The van der Waals surface area contributed by atoms with Crippen LogP contribution in [-0.4, -0.2) is 53.4 Å². The fourth-order valence-corrected chi connectivity index (χ4v) is 3.18. The molecule has 8 nitrogen and oxygen atoms in total. The molecule has 2 aromatic carbocycles. The normalized spacial score (nSPS) is 14.7. The van der Waals surface area contributed by atoms with Gasteiger partial charge in [-0.25, -0.2) is 0 Å². The fourth-order valence-electron chi connectivity index (χ4n) is 3.05. The number of nitrogens with zero attached hydrogens (tertiary/aromatic N) is 3. The van der Waals surface area contributed by atoms with Gasteiger partial charge < -0.3 is 15.4 Å². The second kappa shape index (κ2) is 8.90. The highest BCUT2D eigenvalue weighted by molar-refractivity contribution is 6.30. The van der Waals surface area contributed by atoms with Gasteiger partial charge in [0.05, 0.1) is 4.92 Å². The first-order valence-electron chi connectivity index (χ1n) is 8.84. The average Bonchev–Trinajstić information content (AvgIpc) is 2.69. The second-order valence-corrected chi connectivity index (χ2v) is 6.95. The molecule has 0 radical (unpaired) electrons. The Hall–Kier alpha value is -2.84. The van der Waals surface area contributed by atoms with E-state index in [1.807, 2.05) is 24.3 Å². The number of ether oxygens (including phenoxy) is 1. The molecule has 1 aliphatic heterocycles. The summed E-state index contributed by atoms with van der Waals surface area (Å²) >= 11 is 5.91. The van der Waals surface area contributed by atoms with E-state index in [9.17, 15) is 14.9 Å². The van der Waals surface area contributed by atoms with Crippen LogP contribution in [-0.2, 0) is 11.3 Å². The van der Waals surface area contributed by atoms with Crippen molar-refractivity contribution < 1.29 is 14.5 Å². The van der Waals surface area contributed by atoms with Gasteiger partial charge in [0.1, 0.15) is 5.75 Å². The zero-order chi connectivity index (χ0) is 20.1. The van der Waals surface area contributed by atoms with Crippen molar-refractivity contribution in [2.24, 2.45) is 0 Å². The molecule has 2 N–H and O–H groups in total. The van der Waals surface area contributed by atoms with E-state index in [4.69, 9.17) is 22.1 Å². The molecule has 1 saturated heterocycles. The lowest BCUT2D eigenvalue weighted by Crippen LogP contribution is -2.49. The van der Waals surface area contributed by atoms with E-state index in [2.05, 4.69) is 4.90 Å². The number of hydrogen-bond acceptors (Lipinski definition) is 6. The zero-order valence-corrected chi connectivity index (χ0v) is 16.0. The minimum absolute atomic E-state index is 0.0758. The summed E-state index contributed by atoms with van der Waals surface area (Å²) < 4.78 is 5.43. The maximum atomic E-state index is 12.4. The van der Waals surface area contributed by atoms with Crippen molar-refractivity contribution in [3.8, 4) is 5.75 Å². The van der Waals surface area contributed by atoms with E-state index in [-0.39, 0.29) is 29.6 Å².